The lowest BCUT2D eigenvalue weighted by atomic mass is 9.84. The highest BCUT2D eigenvalue weighted by Gasteiger charge is 2.34. The van der Waals surface area contributed by atoms with Gasteiger partial charge in [-0.3, -0.25) is 38.8 Å². The predicted octanol–water partition coefficient (Wildman–Crippen LogP) is -0.696. The molecule has 324 valence electrons. The highest BCUT2D eigenvalue weighted by atomic mass is 16.2. The van der Waals surface area contributed by atoms with E-state index in [1.165, 1.54) is 13.8 Å². The molecule has 0 radical (unpaired) electrons. The molecule has 6 amide bonds. The van der Waals surface area contributed by atoms with E-state index in [4.69, 9.17) is 22.9 Å². The van der Waals surface area contributed by atoms with E-state index in [0.717, 1.165) is 32.1 Å². The maximum Gasteiger partial charge on any atom is 0.243 e. The Balaban J connectivity index is 3.21. The molecule has 1 aliphatic carbocycles. The molecule has 0 bridgehead atoms. The van der Waals surface area contributed by atoms with Gasteiger partial charge in [-0.15, -0.1) is 0 Å². The van der Waals surface area contributed by atoms with Crippen LogP contribution in [0.3, 0.4) is 0 Å². The molecule has 0 aliphatic heterocycles. The SMILES string of the molecule is CC(=O)N[C@@H](CCCN=C(N)N)C(=O)N[C@@H](CC(C)C)C(=O)N[C@@H](CC1CCCCC1)C(=O)N[C@@H](CC(C)C)C(=O)N[C@@H](C)C(=O)N[C@H](C=O)CCCN=C(N)N. The van der Waals surface area contributed by atoms with Crippen molar-refractivity contribution >= 4 is 53.6 Å². The average Bonchev–Trinajstić information content (AvgIpc) is 3.12. The Labute approximate surface area is 337 Å². The fourth-order valence-electron chi connectivity index (χ4n) is 6.61. The van der Waals surface area contributed by atoms with Crippen LogP contribution in [0.5, 0.6) is 0 Å². The molecule has 0 aromatic rings. The van der Waals surface area contributed by atoms with E-state index < -0.39 is 71.7 Å². The lowest BCUT2D eigenvalue weighted by Crippen LogP contribution is -2.59. The molecule has 0 spiro atoms. The number of guanidine groups is 2. The van der Waals surface area contributed by atoms with Gasteiger partial charge in [-0.25, -0.2) is 0 Å². The average molecular weight is 807 g/mol. The van der Waals surface area contributed by atoms with Gasteiger partial charge in [0.05, 0.1) is 6.04 Å². The van der Waals surface area contributed by atoms with Crippen molar-refractivity contribution in [2.45, 2.75) is 155 Å². The number of aldehydes is 1. The molecule has 0 unspecified atom stereocenters. The normalized spacial score (nSPS) is 16.1. The molecule has 0 aromatic carbocycles. The van der Waals surface area contributed by atoms with Crippen molar-refractivity contribution in [1.82, 2.24) is 31.9 Å². The molecule has 1 aliphatic rings. The third-order valence-corrected chi connectivity index (χ3v) is 9.46. The second-order valence-electron chi connectivity index (χ2n) is 15.8. The van der Waals surface area contributed by atoms with Crippen LogP contribution in [0.1, 0.15) is 119 Å². The van der Waals surface area contributed by atoms with E-state index in [9.17, 15) is 33.6 Å². The minimum Gasteiger partial charge on any atom is -0.370 e. The van der Waals surface area contributed by atoms with Gasteiger partial charge in [-0.2, -0.15) is 0 Å². The minimum absolute atomic E-state index is 0.0300. The van der Waals surface area contributed by atoms with Gasteiger partial charge in [-0.05, 0) is 69.6 Å². The standard InChI is InChI=1S/C38H70N12O7/c1-22(2)18-29(34(55)45-24(5)32(53)47-27(21-51)14-10-16-43-37(39)40)49-36(57)31(20-26-12-8-7-9-13-26)50-35(56)30(19-23(3)4)48-33(54)28(46-25(6)52)15-11-17-44-38(41)42/h21-24,26-31H,7-20H2,1-6H3,(H,45,55)(H,46,52)(H,47,53)(H,48,54)(H,49,57)(H,50,56)(H4,39,40,43)(H4,41,42,44)/t24-,27-,28-,29-,30-,31-/m0/s1. The van der Waals surface area contributed by atoms with E-state index in [1.54, 1.807) is 0 Å². The number of carbonyl (C=O) groups is 7. The third kappa shape index (κ3) is 21.8. The number of amides is 6. The van der Waals surface area contributed by atoms with E-state index in [0.29, 0.717) is 25.5 Å². The fraction of sp³-hybridized carbons (Fsp3) is 0.763. The number of nitrogens with zero attached hydrogens (tertiary/aromatic N) is 2. The van der Waals surface area contributed by atoms with Gasteiger partial charge < -0.3 is 59.6 Å². The lowest BCUT2D eigenvalue weighted by molar-refractivity contribution is -0.135. The quantitative estimate of drug-likeness (QED) is 0.0226. The van der Waals surface area contributed by atoms with Crippen LogP contribution in [0.2, 0.25) is 0 Å². The molecular formula is C38H70N12O7. The Morgan fingerprint density at radius 1 is 0.596 bits per heavy atom. The Morgan fingerprint density at radius 2 is 1.05 bits per heavy atom. The van der Waals surface area contributed by atoms with Crippen LogP contribution in [-0.4, -0.2) is 103 Å². The molecule has 57 heavy (non-hydrogen) atoms. The van der Waals surface area contributed by atoms with Crippen molar-refractivity contribution in [3.8, 4) is 0 Å². The van der Waals surface area contributed by atoms with Gasteiger partial charge in [0.1, 0.15) is 36.5 Å². The first-order chi connectivity index (χ1) is 26.8. The molecule has 1 rings (SSSR count). The Bertz CT molecular complexity index is 1380. The molecule has 19 heteroatoms. The topological polar surface area (TPSA) is 320 Å². The summed E-state index contributed by atoms with van der Waals surface area (Å²) in [5, 5.41) is 16.4. The predicted molar refractivity (Wildman–Crippen MR) is 219 cm³/mol. The van der Waals surface area contributed by atoms with E-state index in [-0.39, 0.29) is 68.4 Å². The number of hydrogen-bond acceptors (Lipinski definition) is 9. The number of aliphatic imine (C=N–C) groups is 2. The third-order valence-electron chi connectivity index (χ3n) is 9.46. The van der Waals surface area contributed by atoms with Gasteiger partial charge in [-0.1, -0.05) is 59.8 Å². The maximum atomic E-state index is 14.1. The van der Waals surface area contributed by atoms with Crippen LogP contribution in [-0.2, 0) is 33.6 Å². The van der Waals surface area contributed by atoms with Crippen LogP contribution in [0.25, 0.3) is 0 Å². The summed E-state index contributed by atoms with van der Waals surface area (Å²) in [5.74, 6) is -3.43. The smallest absolute Gasteiger partial charge is 0.243 e. The molecule has 0 heterocycles. The van der Waals surface area contributed by atoms with Crippen LogP contribution >= 0.6 is 0 Å². The molecule has 1 saturated carbocycles. The summed E-state index contributed by atoms with van der Waals surface area (Å²) < 4.78 is 0. The summed E-state index contributed by atoms with van der Waals surface area (Å²) >= 11 is 0. The first-order valence-electron chi connectivity index (χ1n) is 20.2. The van der Waals surface area contributed by atoms with E-state index in [2.05, 4.69) is 41.9 Å². The zero-order chi connectivity index (χ0) is 43.1. The van der Waals surface area contributed by atoms with Crippen LogP contribution in [0, 0.1) is 17.8 Å². The number of nitrogens with one attached hydrogen (secondary N) is 6. The van der Waals surface area contributed by atoms with Gasteiger partial charge in [0.2, 0.25) is 35.4 Å². The van der Waals surface area contributed by atoms with Gasteiger partial charge in [0, 0.05) is 20.0 Å². The largest absolute Gasteiger partial charge is 0.370 e. The summed E-state index contributed by atoms with van der Waals surface area (Å²) in [7, 11) is 0. The van der Waals surface area contributed by atoms with Crippen molar-refractivity contribution in [3.05, 3.63) is 0 Å². The van der Waals surface area contributed by atoms with Gasteiger partial charge in [0.15, 0.2) is 11.9 Å². The molecule has 1 fully saturated rings. The van der Waals surface area contributed by atoms with Crippen molar-refractivity contribution in [1.29, 1.82) is 0 Å². The Hall–Kier alpha value is -4.97. The minimum atomic E-state index is -1.05. The number of rotatable bonds is 26. The van der Waals surface area contributed by atoms with Crippen LogP contribution in [0.4, 0.5) is 0 Å². The summed E-state index contributed by atoms with van der Waals surface area (Å²) in [6, 6.07) is -5.95. The van der Waals surface area contributed by atoms with Crippen molar-refractivity contribution < 1.29 is 33.6 Å². The van der Waals surface area contributed by atoms with Crippen LogP contribution in [0.15, 0.2) is 9.98 Å². The molecule has 19 nitrogen and oxygen atoms in total. The monoisotopic (exact) mass is 807 g/mol. The van der Waals surface area contributed by atoms with Gasteiger partial charge in [0.25, 0.3) is 0 Å². The number of carbonyl (C=O) groups excluding carboxylic acids is 7. The van der Waals surface area contributed by atoms with E-state index >= 15 is 0 Å². The maximum absolute atomic E-state index is 14.1. The lowest BCUT2D eigenvalue weighted by Gasteiger charge is -2.30. The van der Waals surface area contributed by atoms with Gasteiger partial charge >= 0.3 is 0 Å². The first-order valence-corrected chi connectivity index (χ1v) is 20.2. The van der Waals surface area contributed by atoms with Crippen molar-refractivity contribution in [2.24, 2.45) is 50.7 Å². The second-order valence-corrected chi connectivity index (χ2v) is 15.8. The highest BCUT2D eigenvalue weighted by Crippen LogP contribution is 2.27. The zero-order valence-electron chi connectivity index (χ0n) is 34.7. The number of nitrogens with two attached hydrogens (primary N) is 4. The molecule has 6 atom stereocenters. The highest BCUT2D eigenvalue weighted by molar-refractivity contribution is 5.96. The second kappa shape index (κ2) is 26.8. The molecule has 0 aromatic heterocycles. The molecular weight excluding hydrogens is 736 g/mol. The van der Waals surface area contributed by atoms with Crippen LogP contribution < -0.4 is 54.8 Å². The summed E-state index contributed by atoms with van der Waals surface area (Å²) in [4.78, 5) is 99.5. The summed E-state index contributed by atoms with van der Waals surface area (Å²) in [6.45, 7) is 10.8. The first kappa shape index (κ1) is 50.0. The summed E-state index contributed by atoms with van der Waals surface area (Å²) in [5.41, 5.74) is 21.5. The molecule has 14 N–H and O–H groups in total. The fourth-order valence-corrected chi connectivity index (χ4v) is 6.61. The van der Waals surface area contributed by atoms with E-state index in [1.807, 2.05) is 27.7 Å². The number of hydrogen-bond donors (Lipinski definition) is 10. The summed E-state index contributed by atoms with van der Waals surface area (Å²) in [6.07, 6.45) is 7.54. The Morgan fingerprint density at radius 3 is 1.53 bits per heavy atom. The zero-order valence-corrected chi connectivity index (χ0v) is 34.7. The molecule has 0 saturated heterocycles. The Kier molecular flexibility index (Phi) is 23.5. The van der Waals surface area contributed by atoms with Crippen molar-refractivity contribution in [3.63, 3.8) is 0 Å². The van der Waals surface area contributed by atoms with Crippen molar-refractivity contribution in [2.75, 3.05) is 13.1 Å².